The number of carbonyl (C=O) groups excluding carboxylic acids is 3. The lowest BCUT2D eigenvalue weighted by atomic mass is 10.2. The summed E-state index contributed by atoms with van der Waals surface area (Å²) in [4.78, 5) is 37.2. The van der Waals surface area contributed by atoms with Crippen LogP contribution in [0.1, 0.15) is 37.7 Å². The van der Waals surface area contributed by atoms with Crippen LogP contribution in [0.5, 0.6) is 0 Å². The Hall–Kier alpha value is -2.47. The van der Waals surface area contributed by atoms with Crippen LogP contribution in [0.2, 0.25) is 0 Å². The number of rotatable bonds is 8. The molecule has 5 nitrogen and oxygen atoms in total. The van der Waals surface area contributed by atoms with Crippen molar-refractivity contribution in [3.63, 3.8) is 0 Å². The molecular formula is C18H20N2O3S. The predicted octanol–water partition coefficient (Wildman–Crippen LogP) is 2.57. The van der Waals surface area contributed by atoms with Gasteiger partial charge in [0.05, 0.1) is 4.88 Å². The molecule has 0 aliphatic rings. The quantitative estimate of drug-likeness (QED) is 0.571. The Morgan fingerprint density at radius 2 is 1.62 bits per heavy atom. The summed E-state index contributed by atoms with van der Waals surface area (Å²) in [7, 11) is 0. The summed E-state index contributed by atoms with van der Waals surface area (Å²) < 4.78 is 0. The maximum atomic E-state index is 11.9. The van der Waals surface area contributed by atoms with Gasteiger partial charge in [0.15, 0.2) is 5.78 Å². The largest absolute Gasteiger partial charge is 0.354 e. The minimum absolute atomic E-state index is 0.0133. The minimum atomic E-state index is -0.189. The smallest absolute Gasteiger partial charge is 0.251 e. The van der Waals surface area contributed by atoms with Gasteiger partial charge in [0, 0.05) is 36.4 Å². The molecule has 0 radical (unpaired) electrons. The van der Waals surface area contributed by atoms with Crippen molar-refractivity contribution in [1.29, 1.82) is 0 Å². The molecular weight excluding hydrogens is 324 g/mol. The van der Waals surface area contributed by atoms with Gasteiger partial charge in [0.2, 0.25) is 5.91 Å². The number of aryl methyl sites for hydroxylation is 1. The van der Waals surface area contributed by atoms with Crippen LogP contribution in [0.15, 0.2) is 42.5 Å². The molecule has 2 rings (SSSR count). The Morgan fingerprint density at radius 1 is 0.917 bits per heavy atom. The van der Waals surface area contributed by atoms with Gasteiger partial charge in [-0.2, -0.15) is 0 Å². The third-order valence-electron chi connectivity index (χ3n) is 3.36. The molecule has 0 aliphatic carbocycles. The summed E-state index contributed by atoms with van der Waals surface area (Å²) in [6, 6.07) is 12.6. The molecule has 0 saturated carbocycles. The molecule has 1 aromatic heterocycles. The van der Waals surface area contributed by atoms with Crippen LogP contribution >= 0.6 is 11.3 Å². The van der Waals surface area contributed by atoms with Gasteiger partial charge in [-0.3, -0.25) is 14.4 Å². The average molecular weight is 344 g/mol. The second-order valence-electron chi connectivity index (χ2n) is 5.31. The van der Waals surface area contributed by atoms with E-state index < -0.39 is 0 Å². The zero-order valence-corrected chi connectivity index (χ0v) is 14.3. The van der Waals surface area contributed by atoms with Gasteiger partial charge in [-0.15, -0.1) is 11.3 Å². The number of thiophene rings is 1. The van der Waals surface area contributed by atoms with E-state index in [0.29, 0.717) is 23.5 Å². The molecule has 2 amide bonds. The molecule has 0 saturated heterocycles. The summed E-state index contributed by atoms with van der Waals surface area (Å²) >= 11 is 1.44. The molecule has 0 fully saturated rings. The van der Waals surface area contributed by atoms with Crippen molar-refractivity contribution in [3.05, 3.63) is 57.8 Å². The van der Waals surface area contributed by atoms with Crippen LogP contribution < -0.4 is 10.6 Å². The van der Waals surface area contributed by atoms with Gasteiger partial charge in [-0.25, -0.2) is 0 Å². The molecule has 1 aromatic carbocycles. The van der Waals surface area contributed by atoms with E-state index in [1.165, 1.54) is 11.3 Å². The van der Waals surface area contributed by atoms with Crippen LogP contribution in [0, 0.1) is 6.92 Å². The molecule has 2 N–H and O–H groups in total. The Labute approximate surface area is 145 Å². The number of carbonyl (C=O) groups is 3. The molecule has 6 heteroatoms. The van der Waals surface area contributed by atoms with E-state index in [2.05, 4.69) is 10.6 Å². The molecule has 126 valence electrons. The van der Waals surface area contributed by atoms with Crippen LogP contribution in [0.25, 0.3) is 0 Å². The highest BCUT2D eigenvalue weighted by Gasteiger charge is 2.11. The zero-order valence-electron chi connectivity index (χ0n) is 13.5. The molecule has 0 bridgehead atoms. The Bertz CT molecular complexity index is 710. The van der Waals surface area contributed by atoms with Crippen molar-refractivity contribution in [1.82, 2.24) is 10.6 Å². The average Bonchev–Trinajstić information content (AvgIpc) is 3.03. The molecule has 24 heavy (non-hydrogen) atoms. The summed E-state index contributed by atoms with van der Waals surface area (Å²) in [5.74, 6) is -0.376. The lowest BCUT2D eigenvalue weighted by Gasteiger charge is -2.07. The highest BCUT2D eigenvalue weighted by molar-refractivity contribution is 7.14. The van der Waals surface area contributed by atoms with Crippen molar-refractivity contribution < 1.29 is 14.4 Å². The first-order chi connectivity index (χ1) is 11.6. The Morgan fingerprint density at radius 3 is 2.29 bits per heavy atom. The number of nitrogens with one attached hydrogen (secondary N) is 2. The van der Waals surface area contributed by atoms with Gasteiger partial charge in [0.1, 0.15) is 0 Å². The lowest BCUT2D eigenvalue weighted by molar-refractivity contribution is -0.121. The first-order valence-corrected chi connectivity index (χ1v) is 8.57. The molecule has 1 heterocycles. The zero-order chi connectivity index (χ0) is 17.4. The standard InChI is InChI=1S/C18H20N2O3S/c1-13-7-9-16(24-13)15(21)8-10-17(22)19-11-12-20-18(23)14-5-3-2-4-6-14/h2-7,9H,8,10-12H2,1H3,(H,19,22)(H,20,23). The molecule has 0 unspecified atom stereocenters. The predicted molar refractivity (Wildman–Crippen MR) is 94.4 cm³/mol. The fourth-order valence-corrected chi connectivity index (χ4v) is 2.93. The van der Waals surface area contributed by atoms with Crippen LogP contribution in [0.4, 0.5) is 0 Å². The van der Waals surface area contributed by atoms with Gasteiger partial charge in [-0.1, -0.05) is 18.2 Å². The van der Waals surface area contributed by atoms with Crippen molar-refractivity contribution >= 4 is 28.9 Å². The molecule has 0 aliphatic heterocycles. The molecule has 0 atom stereocenters. The number of ketones is 1. The number of hydrogen-bond acceptors (Lipinski definition) is 4. The number of benzene rings is 1. The van der Waals surface area contributed by atoms with Crippen molar-refractivity contribution in [2.45, 2.75) is 19.8 Å². The third kappa shape index (κ3) is 5.62. The Kier molecular flexibility index (Phi) is 6.69. The number of Topliss-reactive ketones (excluding diaryl/α,β-unsaturated/α-hetero) is 1. The van der Waals surface area contributed by atoms with E-state index in [1.54, 1.807) is 30.3 Å². The minimum Gasteiger partial charge on any atom is -0.354 e. The van der Waals surface area contributed by atoms with Gasteiger partial charge < -0.3 is 10.6 Å². The maximum Gasteiger partial charge on any atom is 0.251 e. The first-order valence-electron chi connectivity index (χ1n) is 7.76. The Balaban J connectivity index is 1.61. The van der Waals surface area contributed by atoms with E-state index in [4.69, 9.17) is 0 Å². The normalized spacial score (nSPS) is 10.2. The third-order valence-corrected chi connectivity index (χ3v) is 4.40. The van der Waals surface area contributed by atoms with E-state index in [0.717, 1.165) is 4.88 Å². The fourth-order valence-electron chi connectivity index (χ4n) is 2.09. The van der Waals surface area contributed by atoms with E-state index >= 15 is 0 Å². The lowest BCUT2D eigenvalue weighted by Crippen LogP contribution is -2.34. The van der Waals surface area contributed by atoms with Crippen molar-refractivity contribution in [3.8, 4) is 0 Å². The monoisotopic (exact) mass is 344 g/mol. The van der Waals surface area contributed by atoms with Gasteiger partial charge in [0.25, 0.3) is 5.91 Å². The van der Waals surface area contributed by atoms with E-state index in [-0.39, 0.29) is 30.4 Å². The second kappa shape index (κ2) is 8.98. The first kappa shape index (κ1) is 17.9. The number of hydrogen-bond donors (Lipinski definition) is 2. The highest BCUT2D eigenvalue weighted by Crippen LogP contribution is 2.17. The van der Waals surface area contributed by atoms with E-state index in [9.17, 15) is 14.4 Å². The van der Waals surface area contributed by atoms with Gasteiger partial charge >= 0.3 is 0 Å². The van der Waals surface area contributed by atoms with E-state index in [1.807, 2.05) is 19.1 Å². The molecule has 0 spiro atoms. The fraction of sp³-hybridized carbons (Fsp3) is 0.278. The number of amides is 2. The van der Waals surface area contributed by atoms with Crippen molar-refractivity contribution in [2.75, 3.05) is 13.1 Å². The van der Waals surface area contributed by atoms with Crippen molar-refractivity contribution in [2.24, 2.45) is 0 Å². The summed E-state index contributed by atoms with van der Waals surface area (Å²) in [5, 5.41) is 5.43. The highest BCUT2D eigenvalue weighted by atomic mass is 32.1. The summed E-state index contributed by atoms with van der Waals surface area (Å²) in [6.07, 6.45) is 0.352. The topological polar surface area (TPSA) is 75.3 Å². The van der Waals surface area contributed by atoms with Gasteiger partial charge in [-0.05, 0) is 31.2 Å². The maximum absolute atomic E-state index is 11.9. The van der Waals surface area contributed by atoms with Crippen LogP contribution in [-0.2, 0) is 4.79 Å². The SMILES string of the molecule is Cc1ccc(C(=O)CCC(=O)NCCNC(=O)c2ccccc2)s1. The second-order valence-corrected chi connectivity index (χ2v) is 6.59. The van der Waals surface area contributed by atoms with Crippen LogP contribution in [0.3, 0.4) is 0 Å². The molecule has 2 aromatic rings. The summed E-state index contributed by atoms with van der Waals surface area (Å²) in [6.45, 7) is 2.62. The summed E-state index contributed by atoms with van der Waals surface area (Å²) in [5.41, 5.74) is 0.584. The van der Waals surface area contributed by atoms with Crippen LogP contribution in [-0.4, -0.2) is 30.7 Å².